The first-order valence-electron chi connectivity index (χ1n) is 7.92. The Morgan fingerprint density at radius 2 is 2.11 bits per heavy atom. The van der Waals surface area contributed by atoms with Gasteiger partial charge in [-0.25, -0.2) is 0 Å². The maximum atomic E-state index is 12.4. The summed E-state index contributed by atoms with van der Waals surface area (Å²) >= 11 is 0. The Hall–Kier alpha value is -0.610. The van der Waals surface area contributed by atoms with Gasteiger partial charge in [0.05, 0.1) is 5.54 Å². The summed E-state index contributed by atoms with van der Waals surface area (Å²) in [6.45, 7) is 9.71. The number of nitrogens with one attached hydrogen (secondary N) is 2. The zero-order valence-corrected chi connectivity index (χ0v) is 12.5. The van der Waals surface area contributed by atoms with Crippen molar-refractivity contribution in [2.75, 3.05) is 32.7 Å². The summed E-state index contributed by atoms with van der Waals surface area (Å²) < 4.78 is 0. The first-order valence-corrected chi connectivity index (χ1v) is 7.92. The summed E-state index contributed by atoms with van der Waals surface area (Å²) in [5.41, 5.74) is -0.284. The zero-order chi connectivity index (χ0) is 13.7. The minimum absolute atomic E-state index is 0.209. The van der Waals surface area contributed by atoms with Crippen molar-refractivity contribution in [1.29, 1.82) is 0 Å². The molecule has 2 aliphatic rings. The smallest absolute Gasteiger partial charge is 0.240 e. The Morgan fingerprint density at radius 1 is 1.37 bits per heavy atom. The summed E-state index contributed by atoms with van der Waals surface area (Å²) in [6, 6.07) is 0. The van der Waals surface area contributed by atoms with Crippen molar-refractivity contribution in [1.82, 2.24) is 15.5 Å². The molecule has 0 saturated carbocycles. The molecule has 2 aliphatic heterocycles. The van der Waals surface area contributed by atoms with Gasteiger partial charge >= 0.3 is 0 Å². The minimum Gasteiger partial charge on any atom is -0.354 e. The lowest BCUT2D eigenvalue weighted by Crippen LogP contribution is -2.54. The fourth-order valence-electron chi connectivity index (χ4n) is 3.37. The number of amides is 1. The molecule has 4 heteroatoms. The van der Waals surface area contributed by atoms with Gasteiger partial charge in [0.15, 0.2) is 0 Å². The van der Waals surface area contributed by atoms with Crippen LogP contribution in [0.1, 0.15) is 46.0 Å². The normalized spacial score (nSPS) is 29.6. The molecule has 0 aromatic carbocycles. The summed E-state index contributed by atoms with van der Waals surface area (Å²) in [7, 11) is 0. The number of rotatable bonds is 6. The van der Waals surface area contributed by atoms with Crippen LogP contribution in [0.5, 0.6) is 0 Å². The van der Waals surface area contributed by atoms with Crippen molar-refractivity contribution in [3.05, 3.63) is 0 Å². The van der Waals surface area contributed by atoms with E-state index in [9.17, 15) is 4.79 Å². The van der Waals surface area contributed by atoms with Crippen molar-refractivity contribution in [2.45, 2.75) is 51.5 Å². The molecule has 0 bridgehead atoms. The molecule has 2 N–H and O–H groups in total. The molecule has 1 amide bonds. The van der Waals surface area contributed by atoms with Gasteiger partial charge in [0, 0.05) is 13.1 Å². The molecule has 2 unspecified atom stereocenters. The van der Waals surface area contributed by atoms with E-state index < -0.39 is 0 Å². The highest BCUT2D eigenvalue weighted by atomic mass is 16.2. The van der Waals surface area contributed by atoms with Crippen molar-refractivity contribution in [3.8, 4) is 0 Å². The maximum Gasteiger partial charge on any atom is 0.240 e. The topological polar surface area (TPSA) is 44.4 Å². The highest BCUT2D eigenvalue weighted by molar-refractivity contribution is 5.86. The quantitative estimate of drug-likeness (QED) is 0.764. The summed E-state index contributed by atoms with van der Waals surface area (Å²) in [5, 5.41) is 6.56. The van der Waals surface area contributed by atoms with Crippen LogP contribution in [0.4, 0.5) is 0 Å². The van der Waals surface area contributed by atoms with Crippen molar-refractivity contribution in [2.24, 2.45) is 5.92 Å². The van der Waals surface area contributed by atoms with E-state index in [-0.39, 0.29) is 11.4 Å². The molecular formula is C15H29N3O. The van der Waals surface area contributed by atoms with E-state index >= 15 is 0 Å². The van der Waals surface area contributed by atoms with E-state index in [2.05, 4.69) is 29.4 Å². The Morgan fingerprint density at radius 3 is 2.68 bits per heavy atom. The van der Waals surface area contributed by atoms with Gasteiger partial charge in [0.1, 0.15) is 0 Å². The number of carbonyl (C=O) groups is 1. The summed E-state index contributed by atoms with van der Waals surface area (Å²) in [6.07, 6.45) is 5.66. The molecule has 0 spiro atoms. The SMILES string of the molecule is CCC1(C(=O)NCC(C)CN2CCCC2)CCCN1. The van der Waals surface area contributed by atoms with E-state index in [0.717, 1.165) is 38.9 Å². The Balaban J connectivity index is 1.72. The van der Waals surface area contributed by atoms with E-state index in [1.807, 2.05) is 0 Å². The van der Waals surface area contributed by atoms with Gasteiger partial charge < -0.3 is 15.5 Å². The standard InChI is InChI=1S/C15H29N3O/c1-3-15(7-6-8-17-15)14(19)16-11-13(2)12-18-9-4-5-10-18/h13,17H,3-12H2,1-2H3,(H,16,19). The number of likely N-dealkylation sites (tertiary alicyclic amines) is 1. The van der Waals surface area contributed by atoms with Gasteiger partial charge in [-0.1, -0.05) is 13.8 Å². The number of hydrogen-bond donors (Lipinski definition) is 2. The first kappa shape index (κ1) is 14.8. The molecule has 2 rings (SSSR count). The van der Waals surface area contributed by atoms with Crippen molar-refractivity contribution >= 4 is 5.91 Å². The van der Waals surface area contributed by atoms with Gasteiger partial charge in [-0.2, -0.15) is 0 Å². The molecular weight excluding hydrogens is 238 g/mol. The average Bonchev–Trinajstić information content (AvgIpc) is 3.07. The highest BCUT2D eigenvalue weighted by Crippen LogP contribution is 2.23. The Kier molecular flexibility index (Phi) is 5.22. The number of carbonyl (C=O) groups excluding carboxylic acids is 1. The van der Waals surface area contributed by atoms with Gasteiger partial charge in [0.25, 0.3) is 0 Å². The van der Waals surface area contributed by atoms with Crippen LogP contribution in [-0.4, -0.2) is 49.1 Å². The lowest BCUT2D eigenvalue weighted by atomic mass is 9.93. The fourth-order valence-corrected chi connectivity index (χ4v) is 3.37. The number of hydrogen-bond acceptors (Lipinski definition) is 3. The predicted molar refractivity (Wildman–Crippen MR) is 78.1 cm³/mol. The van der Waals surface area contributed by atoms with Gasteiger partial charge in [0.2, 0.25) is 5.91 Å². The molecule has 2 fully saturated rings. The fraction of sp³-hybridized carbons (Fsp3) is 0.933. The van der Waals surface area contributed by atoms with E-state index in [0.29, 0.717) is 5.92 Å². The first-order chi connectivity index (χ1) is 9.16. The Bertz CT molecular complexity index is 294. The molecule has 0 radical (unpaired) electrons. The molecule has 0 aromatic rings. The van der Waals surface area contributed by atoms with Crippen LogP contribution in [0.25, 0.3) is 0 Å². The van der Waals surface area contributed by atoms with Crippen molar-refractivity contribution < 1.29 is 4.79 Å². The van der Waals surface area contributed by atoms with Crippen LogP contribution in [-0.2, 0) is 4.79 Å². The van der Waals surface area contributed by atoms with E-state index in [1.54, 1.807) is 0 Å². The van der Waals surface area contributed by atoms with Crippen LogP contribution in [0, 0.1) is 5.92 Å². The second-order valence-corrected chi connectivity index (χ2v) is 6.29. The molecule has 19 heavy (non-hydrogen) atoms. The third-order valence-corrected chi connectivity index (χ3v) is 4.66. The largest absolute Gasteiger partial charge is 0.354 e. The molecule has 0 aliphatic carbocycles. The van der Waals surface area contributed by atoms with Crippen molar-refractivity contribution in [3.63, 3.8) is 0 Å². The molecule has 2 saturated heterocycles. The average molecular weight is 267 g/mol. The molecule has 110 valence electrons. The molecule has 0 aromatic heterocycles. The monoisotopic (exact) mass is 267 g/mol. The second kappa shape index (κ2) is 6.71. The predicted octanol–water partition coefficient (Wildman–Crippen LogP) is 1.37. The lowest BCUT2D eigenvalue weighted by molar-refractivity contribution is -0.127. The second-order valence-electron chi connectivity index (χ2n) is 6.29. The summed E-state index contributed by atoms with van der Waals surface area (Å²) in [5.74, 6) is 0.748. The van der Waals surface area contributed by atoms with Crippen LogP contribution in [0.2, 0.25) is 0 Å². The van der Waals surface area contributed by atoms with Crippen LogP contribution >= 0.6 is 0 Å². The maximum absolute atomic E-state index is 12.4. The van der Waals surface area contributed by atoms with Gasteiger partial charge in [-0.15, -0.1) is 0 Å². The van der Waals surface area contributed by atoms with Crippen LogP contribution < -0.4 is 10.6 Å². The van der Waals surface area contributed by atoms with Gasteiger partial charge in [-0.05, 0) is 57.7 Å². The van der Waals surface area contributed by atoms with Crippen LogP contribution in [0.3, 0.4) is 0 Å². The minimum atomic E-state index is -0.284. The molecule has 4 nitrogen and oxygen atoms in total. The lowest BCUT2D eigenvalue weighted by Gasteiger charge is -2.28. The van der Waals surface area contributed by atoms with Gasteiger partial charge in [-0.3, -0.25) is 4.79 Å². The number of nitrogens with zero attached hydrogens (tertiary/aromatic N) is 1. The van der Waals surface area contributed by atoms with E-state index in [4.69, 9.17) is 0 Å². The third-order valence-electron chi connectivity index (χ3n) is 4.66. The molecule has 2 heterocycles. The highest BCUT2D eigenvalue weighted by Gasteiger charge is 2.38. The van der Waals surface area contributed by atoms with Crippen LogP contribution in [0.15, 0.2) is 0 Å². The third kappa shape index (κ3) is 3.69. The van der Waals surface area contributed by atoms with E-state index in [1.165, 1.54) is 25.9 Å². The zero-order valence-electron chi connectivity index (χ0n) is 12.5. The summed E-state index contributed by atoms with van der Waals surface area (Å²) in [4.78, 5) is 14.9. The molecule has 2 atom stereocenters. The Labute approximate surface area is 117 Å².